The molecule has 1 aromatic rings. The molecule has 1 aliphatic rings. The number of fused-ring (bicyclic) bond motifs is 1. The number of aliphatic hydroxyl groups is 1. The van der Waals surface area contributed by atoms with Gasteiger partial charge in [0.05, 0.1) is 13.7 Å². The van der Waals surface area contributed by atoms with Crippen LogP contribution >= 0.6 is 0 Å². The summed E-state index contributed by atoms with van der Waals surface area (Å²) < 4.78 is 5.21. The largest absolute Gasteiger partial charge is 0.497 e. The van der Waals surface area contributed by atoms with E-state index in [1.807, 2.05) is 18.2 Å². The maximum Gasteiger partial charge on any atom is 0.119 e. The Morgan fingerprint density at radius 1 is 1.47 bits per heavy atom. The van der Waals surface area contributed by atoms with Crippen LogP contribution in [0.4, 0.5) is 0 Å². The van der Waals surface area contributed by atoms with Crippen LogP contribution in [0.2, 0.25) is 0 Å². The Bertz CT molecular complexity index is 396. The van der Waals surface area contributed by atoms with Gasteiger partial charge in [0.25, 0.3) is 0 Å². The van der Waals surface area contributed by atoms with Crippen LogP contribution in [-0.2, 0) is 5.41 Å². The summed E-state index contributed by atoms with van der Waals surface area (Å²) in [7, 11) is 1.66. The van der Waals surface area contributed by atoms with E-state index in [2.05, 4.69) is 19.1 Å². The fourth-order valence-corrected chi connectivity index (χ4v) is 2.04. The average Bonchev–Trinajstić information content (AvgIpc) is 2.29. The van der Waals surface area contributed by atoms with Crippen molar-refractivity contribution in [2.45, 2.75) is 18.8 Å². The molecule has 0 amide bonds. The molecule has 0 bridgehead atoms. The lowest BCUT2D eigenvalue weighted by Gasteiger charge is -2.31. The fourth-order valence-electron chi connectivity index (χ4n) is 2.04. The van der Waals surface area contributed by atoms with Crippen LogP contribution in [0, 0.1) is 0 Å². The van der Waals surface area contributed by atoms with Crippen molar-refractivity contribution in [2.75, 3.05) is 13.7 Å². The number of aliphatic hydroxyl groups excluding tert-OH is 1. The Hall–Kier alpha value is -1.28. The topological polar surface area (TPSA) is 29.5 Å². The number of hydrogen-bond donors (Lipinski definition) is 1. The zero-order chi connectivity index (χ0) is 10.9. The molecule has 80 valence electrons. The predicted octanol–water partition coefficient (Wildman–Crippen LogP) is 2.36. The molecule has 2 rings (SSSR count). The Morgan fingerprint density at radius 3 is 2.93 bits per heavy atom. The van der Waals surface area contributed by atoms with Crippen LogP contribution < -0.4 is 4.74 Å². The SMILES string of the molecule is COc1ccc2c(c1)C(C)(CO)CC=C2. The minimum Gasteiger partial charge on any atom is -0.497 e. The molecule has 0 aromatic heterocycles. The highest BCUT2D eigenvalue weighted by atomic mass is 16.5. The molecule has 0 spiro atoms. The minimum atomic E-state index is -0.168. The second-order valence-electron chi connectivity index (χ2n) is 4.28. The van der Waals surface area contributed by atoms with E-state index < -0.39 is 0 Å². The molecule has 1 aromatic carbocycles. The molecule has 0 fully saturated rings. The first-order chi connectivity index (χ1) is 7.19. The fraction of sp³-hybridized carbons (Fsp3) is 0.385. The highest BCUT2D eigenvalue weighted by molar-refractivity contribution is 5.61. The van der Waals surface area contributed by atoms with E-state index in [0.29, 0.717) is 0 Å². The summed E-state index contributed by atoms with van der Waals surface area (Å²) in [6.07, 6.45) is 5.10. The van der Waals surface area contributed by atoms with E-state index in [-0.39, 0.29) is 12.0 Å². The third kappa shape index (κ3) is 1.65. The number of benzene rings is 1. The van der Waals surface area contributed by atoms with Crippen molar-refractivity contribution in [1.29, 1.82) is 0 Å². The van der Waals surface area contributed by atoms with E-state index in [4.69, 9.17) is 4.74 Å². The Labute approximate surface area is 90.2 Å². The molecule has 2 nitrogen and oxygen atoms in total. The second kappa shape index (κ2) is 3.70. The summed E-state index contributed by atoms with van der Waals surface area (Å²) in [5, 5.41) is 9.49. The van der Waals surface area contributed by atoms with Crippen LogP contribution in [0.3, 0.4) is 0 Å². The third-order valence-electron chi connectivity index (χ3n) is 3.13. The number of ether oxygens (including phenoxy) is 1. The first kappa shape index (κ1) is 10.2. The quantitative estimate of drug-likeness (QED) is 0.801. The summed E-state index contributed by atoms with van der Waals surface area (Å²) in [6.45, 7) is 2.24. The molecule has 0 heterocycles. The molecule has 1 N–H and O–H groups in total. The normalized spacial score (nSPS) is 23.7. The van der Waals surface area contributed by atoms with Gasteiger partial charge in [-0.1, -0.05) is 25.1 Å². The number of allylic oxidation sites excluding steroid dienone is 1. The average molecular weight is 204 g/mol. The van der Waals surface area contributed by atoms with Gasteiger partial charge in [0, 0.05) is 5.41 Å². The lowest BCUT2D eigenvalue weighted by molar-refractivity contribution is 0.205. The maximum atomic E-state index is 9.49. The van der Waals surface area contributed by atoms with Gasteiger partial charge in [0.15, 0.2) is 0 Å². The van der Waals surface area contributed by atoms with Crippen LogP contribution in [0.1, 0.15) is 24.5 Å². The highest BCUT2D eigenvalue weighted by Crippen LogP contribution is 2.36. The van der Waals surface area contributed by atoms with Crippen LogP contribution in [0.25, 0.3) is 6.08 Å². The van der Waals surface area contributed by atoms with E-state index in [0.717, 1.165) is 12.2 Å². The number of methoxy groups -OCH3 is 1. The van der Waals surface area contributed by atoms with E-state index in [9.17, 15) is 5.11 Å². The van der Waals surface area contributed by atoms with Gasteiger partial charge in [-0.25, -0.2) is 0 Å². The van der Waals surface area contributed by atoms with Gasteiger partial charge in [-0.3, -0.25) is 0 Å². The lowest BCUT2D eigenvalue weighted by atomic mass is 9.75. The predicted molar refractivity (Wildman–Crippen MR) is 61.1 cm³/mol. The number of rotatable bonds is 2. The zero-order valence-electron chi connectivity index (χ0n) is 9.16. The lowest BCUT2D eigenvalue weighted by Crippen LogP contribution is -2.28. The van der Waals surface area contributed by atoms with E-state index in [1.165, 1.54) is 11.1 Å². The van der Waals surface area contributed by atoms with Crippen molar-refractivity contribution in [3.8, 4) is 5.75 Å². The van der Waals surface area contributed by atoms with Gasteiger partial charge >= 0.3 is 0 Å². The van der Waals surface area contributed by atoms with Crippen LogP contribution in [0.5, 0.6) is 5.75 Å². The molecule has 0 saturated carbocycles. The summed E-state index contributed by atoms with van der Waals surface area (Å²) in [5.74, 6) is 0.851. The van der Waals surface area contributed by atoms with Gasteiger partial charge in [-0.15, -0.1) is 0 Å². The number of hydrogen-bond acceptors (Lipinski definition) is 2. The molecule has 1 unspecified atom stereocenters. The Kier molecular flexibility index (Phi) is 2.53. The van der Waals surface area contributed by atoms with Crippen molar-refractivity contribution in [1.82, 2.24) is 0 Å². The molecular weight excluding hydrogens is 188 g/mol. The molecule has 1 aliphatic carbocycles. The smallest absolute Gasteiger partial charge is 0.119 e. The molecule has 2 heteroatoms. The first-order valence-electron chi connectivity index (χ1n) is 5.15. The van der Waals surface area contributed by atoms with Crippen molar-refractivity contribution in [3.63, 3.8) is 0 Å². The summed E-state index contributed by atoms with van der Waals surface area (Å²) in [4.78, 5) is 0. The maximum absolute atomic E-state index is 9.49. The van der Waals surface area contributed by atoms with Gasteiger partial charge in [-0.05, 0) is 29.7 Å². The van der Waals surface area contributed by atoms with Crippen LogP contribution in [0.15, 0.2) is 24.3 Å². The molecule has 1 atom stereocenters. The van der Waals surface area contributed by atoms with Gasteiger partial charge in [-0.2, -0.15) is 0 Å². The van der Waals surface area contributed by atoms with Crippen molar-refractivity contribution >= 4 is 6.08 Å². The van der Waals surface area contributed by atoms with Crippen LogP contribution in [-0.4, -0.2) is 18.8 Å². The molecular formula is C13H16O2. The Balaban J connectivity index is 2.54. The summed E-state index contributed by atoms with van der Waals surface area (Å²) in [5.41, 5.74) is 2.18. The third-order valence-corrected chi connectivity index (χ3v) is 3.13. The molecule has 0 radical (unpaired) electrons. The van der Waals surface area contributed by atoms with E-state index >= 15 is 0 Å². The summed E-state index contributed by atoms with van der Waals surface area (Å²) >= 11 is 0. The minimum absolute atomic E-state index is 0.164. The second-order valence-corrected chi connectivity index (χ2v) is 4.28. The highest BCUT2D eigenvalue weighted by Gasteiger charge is 2.29. The Morgan fingerprint density at radius 2 is 2.27 bits per heavy atom. The molecule has 0 saturated heterocycles. The standard InChI is InChI=1S/C13H16O2/c1-13(9-14)7-3-4-10-5-6-11(15-2)8-12(10)13/h3-6,8,14H,7,9H2,1-2H3. The zero-order valence-corrected chi connectivity index (χ0v) is 9.16. The van der Waals surface area contributed by atoms with E-state index in [1.54, 1.807) is 7.11 Å². The van der Waals surface area contributed by atoms with Gasteiger partial charge in [0.1, 0.15) is 5.75 Å². The van der Waals surface area contributed by atoms with Crippen molar-refractivity contribution in [3.05, 3.63) is 35.4 Å². The molecule has 15 heavy (non-hydrogen) atoms. The van der Waals surface area contributed by atoms with Gasteiger partial charge < -0.3 is 9.84 Å². The first-order valence-corrected chi connectivity index (χ1v) is 5.15. The monoisotopic (exact) mass is 204 g/mol. The van der Waals surface area contributed by atoms with Crippen molar-refractivity contribution < 1.29 is 9.84 Å². The molecule has 0 aliphatic heterocycles. The summed E-state index contributed by atoms with van der Waals surface area (Å²) in [6, 6.07) is 6.01. The van der Waals surface area contributed by atoms with Crippen molar-refractivity contribution in [2.24, 2.45) is 0 Å². The van der Waals surface area contributed by atoms with Gasteiger partial charge in [0.2, 0.25) is 0 Å².